The monoisotopic (exact) mass is 285 g/mol. The van der Waals surface area contributed by atoms with Gasteiger partial charge in [0.2, 0.25) is 17.7 Å². The standard InChI is InChI=1S/C16H19N3O2/c20-14(17-13-9-5-2-6-10-13)11-15-18-19-16(21-15)12-7-3-1-4-8-12/h1,3-4,7-8,13H,2,5-6,9-11H2,(H,17,20). The number of amides is 1. The SMILES string of the molecule is O=C(Cc1nnc(-c2ccccc2)o1)NC1CCCCC1. The molecule has 21 heavy (non-hydrogen) atoms. The van der Waals surface area contributed by atoms with E-state index in [1.807, 2.05) is 30.3 Å². The molecule has 1 amide bonds. The van der Waals surface area contributed by atoms with E-state index in [2.05, 4.69) is 15.5 Å². The number of hydrogen-bond acceptors (Lipinski definition) is 4. The lowest BCUT2D eigenvalue weighted by Gasteiger charge is -2.22. The van der Waals surface area contributed by atoms with Crippen LogP contribution in [0.2, 0.25) is 0 Å². The summed E-state index contributed by atoms with van der Waals surface area (Å²) in [6.07, 6.45) is 5.97. The Kier molecular flexibility index (Phi) is 4.28. The fraction of sp³-hybridized carbons (Fsp3) is 0.438. The maximum absolute atomic E-state index is 12.0. The van der Waals surface area contributed by atoms with E-state index in [0.29, 0.717) is 17.8 Å². The van der Waals surface area contributed by atoms with Crippen molar-refractivity contribution in [2.24, 2.45) is 0 Å². The van der Waals surface area contributed by atoms with Gasteiger partial charge in [0.15, 0.2) is 0 Å². The van der Waals surface area contributed by atoms with Gasteiger partial charge in [0, 0.05) is 11.6 Å². The van der Waals surface area contributed by atoms with Gasteiger partial charge in [0.25, 0.3) is 0 Å². The molecule has 110 valence electrons. The summed E-state index contributed by atoms with van der Waals surface area (Å²) >= 11 is 0. The van der Waals surface area contributed by atoms with Gasteiger partial charge in [-0.1, -0.05) is 37.5 Å². The van der Waals surface area contributed by atoms with Crippen LogP contribution in [0.5, 0.6) is 0 Å². The lowest BCUT2D eigenvalue weighted by Crippen LogP contribution is -2.37. The van der Waals surface area contributed by atoms with Gasteiger partial charge in [-0.05, 0) is 25.0 Å². The summed E-state index contributed by atoms with van der Waals surface area (Å²) in [6.45, 7) is 0. The maximum atomic E-state index is 12.0. The molecule has 0 radical (unpaired) electrons. The molecule has 0 bridgehead atoms. The van der Waals surface area contributed by atoms with Gasteiger partial charge >= 0.3 is 0 Å². The van der Waals surface area contributed by atoms with E-state index in [1.54, 1.807) is 0 Å². The van der Waals surface area contributed by atoms with E-state index in [9.17, 15) is 4.79 Å². The van der Waals surface area contributed by atoms with Crippen molar-refractivity contribution < 1.29 is 9.21 Å². The van der Waals surface area contributed by atoms with Gasteiger partial charge in [-0.3, -0.25) is 4.79 Å². The van der Waals surface area contributed by atoms with Gasteiger partial charge < -0.3 is 9.73 Å². The van der Waals surface area contributed by atoms with Gasteiger partial charge in [-0.25, -0.2) is 0 Å². The molecular weight excluding hydrogens is 266 g/mol. The van der Waals surface area contributed by atoms with Gasteiger partial charge in [-0.15, -0.1) is 10.2 Å². The first-order valence-corrected chi connectivity index (χ1v) is 7.48. The second-order valence-electron chi connectivity index (χ2n) is 5.45. The summed E-state index contributed by atoms with van der Waals surface area (Å²) in [7, 11) is 0. The fourth-order valence-corrected chi connectivity index (χ4v) is 2.69. The third-order valence-electron chi connectivity index (χ3n) is 3.77. The Morgan fingerprint density at radius 1 is 1.14 bits per heavy atom. The molecule has 0 unspecified atom stereocenters. The van der Waals surface area contributed by atoms with Crippen LogP contribution < -0.4 is 5.32 Å². The molecule has 0 spiro atoms. The molecule has 2 aromatic rings. The van der Waals surface area contributed by atoms with Crippen LogP contribution in [-0.2, 0) is 11.2 Å². The van der Waals surface area contributed by atoms with Gasteiger partial charge in [0.05, 0.1) is 0 Å². The average Bonchev–Trinajstić information content (AvgIpc) is 2.97. The molecule has 1 aliphatic rings. The van der Waals surface area contributed by atoms with Crippen LogP contribution in [0, 0.1) is 0 Å². The Balaban J connectivity index is 1.58. The van der Waals surface area contributed by atoms with Crippen LogP contribution in [0.15, 0.2) is 34.7 Å². The van der Waals surface area contributed by atoms with Crippen LogP contribution in [0.4, 0.5) is 0 Å². The van der Waals surface area contributed by atoms with Crippen molar-refractivity contribution >= 4 is 5.91 Å². The minimum absolute atomic E-state index is 0.0369. The highest BCUT2D eigenvalue weighted by atomic mass is 16.4. The molecule has 0 aliphatic heterocycles. The molecule has 1 aromatic carbocycles. The minimum atomic E-state index is -0.0369. The van der Waals surface area contributed by atoms with Crippen molar-refractivity contribution in [3.8, 4) is 11.5 Å². The summed E-state index contributed by atoms with van der Waals surface area (Å²) in [4.78, 5) is 12.0. The molecule has 1 fully saturated rings. The summed E-state index contributed by atoms with van der Waals surface area (Å²) in [5.74, 6) is 0.781. The minimum Gasteiger partial charge on any atom is -0.420 e. The summed E-state index contributed by atoms with van der Waals surface area (Å²) in [6, 6.07) is 9.86. The predicted octanol–water partition coefficient (Wildman–Crippen LogP) is 2.73. The number of carbonyl (C=O) groups is 1. The molecule has 3 rings (SSSR count). The highest BCUT2D eigenvalue weighted by Crippen LogP contribution is 2.19. The zero-order chi connectivity index (χ0) is 14.5. The molecule has 5 heteroatoms. The van der Waals surface area contributed by atoms with Gasteiger partial charge in [-0.2, -0.15) is 0 Å². The third-order valence-corrected chi connectivity index (χ3v) is 3.77. The Bertz CT molecular complexity index is 589. The number of rotatable bonds is 4. The zero-order valence-corrected chi connectivity index (χ0v) is 11.9. The molecule has 5 nitrogen and oxygen atoms in total. The largest absolute Gasteiger partial charge is 0.420 e. The molecule has 0 atom stereocenters. The van der Waals surface area contributed by atoms with Crippen molar-refractivity contribution in [2.75, 3.05) is 0 Å². The van der Waals surface area contributed by atoms with Gasteiger partial charge in [0.1, 0.15) is 6.42 Å². The fourth-order valence-electron chi connectivity index (χ4n) is 2.69. The van der Waals surface area contributed by atoms with E-state index in [0.717, 1.165) is 18.4 Å². The van der Waals surface area contributed by atoms with E-state index >= 15 is 0 Å². The Morgan fingerprint density at radius 3 is 2.67 bits per heavy atom. The first kappa shape index (κ1) is 13.8. The van der Waals surface area contributed by atoms with Crippen molar-refractivity contribution in [3.05, 3.63) is 36.2 Å². The van der Waals surface area contributed by atoms with Crippen LogP contribution in [0.25, 0.3) is 11.5 Å². The second kappa shape index (κ2) is 6.52. The lowest BCUT2D eigenvalue weighted by atomic mass is 9.95. The number of benzene rings is 1. The Labute approximate surface area is 123 Å². The van der Waals surface area contributed by atoms with Crippen molar-refractivity contribution in [2.45, 2.75) is 44.6 Å². The number of hydrogen-bond donors (Lipinski definition) is 1. The molecule has 1 saturated carbocycles. The number of nitrogens with zero attached hydrogens (tertiary/aromatic N) is 2. The van der Waals surface area contributed by atoms with Crippen LogP contribution in [-0.4, -0.2) is 22.1 Å². The molecular formula is C16H19N3O2. The van der Waals surface area contributed by atoms with E-state index in [-0.39, 0.29) is 12.3 Å². The number of carbonyl (C=O) groups excluding carboxylic acids is 1. The zero-order valence-electron chi connectivity index (χ0n) is 11.9. The highest BCUT2D eigenvalue weighted by molar-refractivity contribution is 5.77. The summed E-state index contributed by atoms with van der Waals surface area (Å²) in [5, 5.41) is 11.0. The smallest absolute Gasteiger partial charge is 0.247 e. The summed E-state index contributed by atoms with van der Waals surface area (Å²) < 4.78 is 5.55. The number of aromatic nitrogens is 2. The van der Waals surface area contributed by atoms with Crippen LogP contribution in [0.1, 0.15) is 38.0 Å². The highest BCUT2D eigenvalue weighted by Gasteiger charge is 2.18. The topological polar surface area (TPSA) is 68.0 Å². The molecule has 0 saturated heterocycles. The first-order chi connectivity index (χ1) is 10.3. The quantitative estimate of drug-likeness (QED) is 0.937. The molecule has 1 aromatic heterocycles. The van der Waals surface area contributed by atoms with E-state index in [4.69, 9.17) is 4.42 Å². The Hall–Kier alpha value is -2.17. The molecule has 1 heterocycles. The summed E-state index contributed by atoms with van der Waals surface area (Å²) in [5.41, 5.74) is 0.865. The normalized spacial score (nSPS) is 15.8. The van der Waals surface area contributed by atoms with Crippen LogP contribution >= 0.6 is 0 Å². The second-order valence-corrected chi connectivity index (χ2v) is 5.45. The maximum Gasteiger partial charge on any atom is 0.247 e. The third kappa shape index (κ3) is 3.68. The van der Waals surface area contributed by atoms with E-state index < -0.39 is 0 Å². The van der Waals surface area contributed by atoms with Crippen LogP contribution in [0.3, 0.4) is 0 Å². The lowest BCUT2D eigenvalue weighted by molar-refractivity contribution is -0.121. The average molecular weight is 285 g/mol. The first-order valence-electron chi connectivity index (χ1n) is 7.48. The Morgan fingerprint density at radius 2 is 1.90 bits per heavy atom. The van der Waals surface area contributed by atoms with Crippen molar-refractivity contribution in [1.82, 2.24) is 15.5 Å². The van der Waals surface area contributed by atoms with E-state index in [1.165, 1.54) is 19.3 Å². The molecule has 1 aliphatic carbocycles. The number of nitrogens with one attached hydrogen (secondary N) is 1. The molecule has 1 N–H and O–H groups in total. The predicted molar refractivity (Wildman–Crippen MR) is 78.5 cm³/mol. The van der Waals surface area contributed by atoms with Crippen molar-refractivity contribution in [3.63, 3.8) is 0 Å². The van der Waals surface area contributed by atoms with Crippen molar-refractivity contribution in [1.29, 1.82) is 0 Å².